The number of rotatable bonds is 3. The molecule has 4 nitrogen and oxygen atoms in total. The third kappa shape index (κ3) is 3.19. The molecule has 3 N–H and O–H groups in total. The summed E-state index contributed by atoms with van der Waals surface area (Å²) in [6.45, 7) is 4.16. The highest BCUT2D eigenvalue weighted by atomic mass is 19.1. The van der Waals surface area contributed by atoms with Crippen LogP contribution in [-0.2, 0) is 6.42 Å². The standard InChI is InChI=1S/C14H16FN3O/c1-8(2)5-10-7-13(16)18-14(17-10)9-3-4-12(19)11(15)6-9/h3-4,6-8,19H,5H2,1-2H3,(H2,16,17,18). The molecule has 0 atom stereocenters. The molecule has 0 spiro atoms. The van der Waals surface area contributed by atoms with Gasteiger partial charge in [-0.2, -0.15) is 0 Å². The van der Waals surface area contributed by atoms with Crippen molar-refractivity contribution in [1.82, 2.24) is 9.97 Å². The first-order valence-corrected chi connectivity index (χ1v) is 6.08. The van der Waals surface area contributed by atoms with Gasteiger partial charge >= 0.3 is 0 Å². The Hall–Kier alpha value is -2.17. The number of anilines is 1. The molecule has 1 aromatic carbocycles. The van der Waals surface area contributed by atoms with Crippen LogP contribution in [0.3, 0.4) is 0 Å². The smallest absolute Gasteiger partial charge is 0.165 e. The SMILES string of the molecule is CC(C)Cc1cc(N)nc(-c2ccc(O)c(F)c2)n1. The number of phenolic OH excluding ortho intramolecular Hbond substituents is 1. The number of phenols is 1. The Balaban J connectivity index is 2.43. The van der Waals surface area contributed by atoms with Crippen molar-refractivity contribution >= 4 is 5.82 Å². The van der Waals surface area contributed by atoms with Crippen molar-refractivity contribution in [2.24, 2.45) is 5.92 Å². The Morgan fingerprint density at radius 2 is 2.00 bits per heavy atom. The first-order chi connectivity index (χ1) is 8.95. The molecule has 0 bridgehead atoms. The molecular formula is C14H16FN3O. The Bertz CT molecular complexity index is 599. The molecular weight excluding hydrogens is 245 g/mol. The van der Waals surface area contributed by atoms with Crippen LogP contribution in [0.1, 0.15) is 19.5 Å². The highest BCUT2D eigenvalue weighted by Crippen LogP contribution is 2.23. The van der Waals surface area contributed by atoms with Crippen LogP contribution in [0.4, 0.5) is 10.2 Å². The summed E-state index contributed by atoms with van der Waals surface area (Å²) in [6.07, 6.45) is 0.778. The van der Waals surface area contributed by atoms with E-state index in [2.05, 4.69) is 23.8 Å². The second-order valence-electron chi connectivity index (χ2n) is 4.87. The van der Waals surface area contributed by atoms with Crippen molar-refractivity contribution in [3.05, 3.63) is 35.8 Å². The van der Waals surface area contributed by atoms with Crippen molar-refractivity contribution in [3.8, 4) is 17.1 Å². The van der Waals surface area contributed by atoms with Crippen LogP contribution in [0.2, 0.25) is 0 Å². The van der Waals surface area contributed by atoms with Gasteiger partial charge in [0.15, 0.2) is 17.4 Å². The van der Waals surface area contributed by atoms with Gasteiger partial charge < -0.3 is 10.8 Å². The fourth-order valence-electron chi connectivity index (χ4n) is 1.82. The zero-order chi connectivity index (χ0) is 14.0. The molecule has 5 heteroatoms. The van der Waals surface area contributed by atoms with Gasteiger partial charge in [0.05, 0.1) is 0 Å². The van der Waals surface area contributed by atoms with Gasteiger partial charge in [0.25, 0.3) is 0 Å². The molecule has 100 valence electrons. The molecule has 1 aromatic heterocycles. The van der Waals surface area contributed by atoms with E-state index in [1.165, 1.54) is 12.1 Å². The van der Waals surface area contributed by atoms with Crippen molar-refractivity contribution in [3.63, 3.8) is 0 Å². The molecule has 2 rings (SSSR count). The number of hydrogen-bond donors (Lipinski definition) is 2. The van der Waals surface area contributed by atoms with E-state index in [1.807, 2.05) is 0 Å². The van der Waals surface area contributed by atoms with Crippen molar-refractivity contribution in [2.45, 2.75) is 20.3 Å². The van der Waals surface area contributed by atoms with E-state index in [4.69, 9.17) is 5.73 Å². The van der Waals surface area contributed by atoms with Crippen molar-refractivity contribution in [1.29, 1.82) is 0 Å². The summed E-state index contributed by atoms with van der Waals surface area (Å²) in [5, 5.41) is 9.18. The summed E-state index contributed by atoms with van der Waals surface area (Å²) >= 11 is 0. The molecule has 1 heterocycles. The first kappa shape index (κ1) is 13.3. The van der Waals surface area contributed by atoms with Gasteiger partial charge in [-0.1, -0.05) is 13.8 Å². The molecule has 19 heavy (non-hydrogen) atoms. The van der Waals surface area contributed by atoms with Crippen LogP contribution in [0.5, 0.6) is 5.75 Å². The van der Waals surface area contributed by atoms with Gasteiger partial charge in [0, 0.05) is 17.3 Å². The molecule has 0 aliphatic rings. The van der Waals surface area contributed by atoms with E-state index in [0.717, 1.165) is 12.1 Å². The maximum absolute atomic E-state index is 13.3. The summed E-state index contributed by atoms with van der Waals surface area (Å²) < 4.78 is 13.3. The molecule has 0 fully saturated rings. The molecule has 0 aliphatic carbocycles. The summed E-state index contributed by atoms with van der Waals surface area (Å²) in [6, 6.07) is 5.76. The van der Waals surface area contributed by atoms with Crippen LogP contribution >= 0.6 is 0 Å². The van der Waals surface area contributed by atoms with Crippen LogP contribution in [0.25, 0.3) is 11.4 Å². The zero-order valence-electron chi connectivity index (χ0n) is 10.9. The van der Waals surface area contributed by atoms with Gasteiger partial charge in [-0.25, -0.2) is 14.4 Å². The molecule has 0 saturated heterocycles. The van der Waals surface area contributed by atoms with E-state index in [0.29, 0.717) is 23.1 Å². The van der Waals surface area contributed by atoms with Gasteiger partial charge in [0.1, 0.15) is 5.82 Å². The number of benzene rings is 1. The predicted molar refractivity (Wildman–Crippen MR) is 72.0 cm³/mol. The van der Waals surface area contributed by atoms with Crippen LogP contribution < -0.4 is 5.73 Å². The number of hydrogen-bond acceptors (Lipinski definition) is 4. The molecule has 0 radical (unpaired) electrons. The maximum atomic E-state index is 13.3. The number of halogens is 1. The topological polar surface area (TPSA) is 72.0 Å². The van der Waals surface area contributed by atoms with Crippen LogP contribution in [0, 0.1) is 11.7 Å². The minimum absolute atomic E-state index is 0.356. The first-order valence-electron chi connectivity index (χ1n) is 6.08. The molecule has 0 unspecified atom stereocenters. The van der Waals surface area contributed by atoms with Crippen LogP contribution in [0.15, 0.2) is 24.3 Å². The third-order valence-electron chi connectivity index (χ3n) is 2.62. The molecule has 0 saturated carbocycles. The highest BCUT2D eigenvalue weighted by molar-refractivity contribution is 5.58. The lowest BCUT2D eigenvalue weighted by molar-refractivity contribution is 0.432. The monoisotopic (exact) mass is 261 g/mol. The van der Waals surface area contributed by atoms with E-state index in [-0.39, 0.29) is 0 Å². The summed E-state index contributed by atoms with van der Waals surface area (Å²) in [5.74, 6) is 0.0754. The number of nitrogen functional groups attached to an aromatic ring is 1. The van der Waals surface area contributed by atoms with E-state index in [9.17, 15) is 9.50 Å². The summed E-state index contributed by atoms with van der Waals surface area (Å²) in [7, 11) is 0. The largest absolute Gasteiger partial charge is 0.505 e. The zero-order valence-corrected chi connectivity index (χ0v) is 10.9. The number of aromatic nitrogens is 2. The molecule has 2 aromatic rings. The van der Waals surface area contributed by atoms with E-state index in [1.54, 1.807) is 12.1 Å². The van der Waals surface area contributed by atoms with E-state index >= 15 is 0 Å². The van der Waals surface area contributed by atoms with Gasteiger partial charge in [-0.3, -0.25) is 0 Å². The second-order valence-corrected chi connectivity index (χ2v) is 4.87. The van der Waals surface area contributed by atoms with Gasteiger partial charge in [-0.05, 0) is 30.5 Å². The fourth-order valence-corrected chi connectivity index (χ4v) is 1.82. The second kappa shape index (κ2) is 5.22. The maximum Gasteiger partial charge on any atom is 0.165 e. The van der Waals surface area contributed by atoms with Gasteiger partial charge in [0.2, 0.25) is 0 Å². The Morgan fingerprint density at radius 1 is 1.26 bits per heavy atom. The average Bonchev–Trinajstić information content (AvgIpc) is 2.31. The highest BCUT2D eigenvalue weighted by Gasteiger charge is 2.09. The Morgan fingerprint density at radius 3 is 2.63 bits per heavy atom. The Labute approximate surface area is 111 Å². The Kier molecular flexibility index (Phi) is 3.64. The van der Waals surface area contributed by atoms with Crippen molar-refractivity contribution in [2.75, 3.05) is 5.73 Å². The van der Waals surface area contributed by atoms with Gasteiger partial charge in [-0.15, -0.1) is 0 Å². The fraction of sp³-hybridized carbons (Fsp3) is 0.286. The number of aromatic hydroxyl groups is 1. The van der Waals surface area contributed by atoms with E-state index < -0.39 is 11.6 Å². The number of nitrogens with zero attached hydrogens (tertiary/aromatic N) is 2. The quantitative estimate of drug-likeness (QED) is 0.891. The molecule has 0 aliphatic heterocycles. The molecule has 0 amide bonds. The summed E-state index contributed by atoms with van der Waals surface area (Å²) in [5.41, 5.74) is 7.06. The van der Waals surface area contributed by atoms with Crippen LogP contribution in [-0.4, -0.2) is 15.1 Å². The minimum Gasteiger partial charge on any atom is -0.505 e. The third-order valence-corrected chi connectivity index (χ3v) is 2.62. The van der Waals surface area contributed by atoms with Crippen molar-refractivity contribution < 1.29 is 9.50 Å². The normalized spacial score (nSPS) is 10.9. The lowest BCUT2D eigenvalue weighted by atomic mass is 10.1. The lowest BCUT2D eigenvalue weighted by Gasteiger charge is -2.08. The predicted octanol–water partition coefficient (Wildman–Crippen LogP) is 2.77. The number of nitrogens with two attached hydrogens (primary N) is 1. The summed E-state index contributed by atoms with van der Waals surface area (Å²) in [4.78, 5) is 8.48. The minimum atomic E-state index is -0.700. The lowest BCUT2D eigenvalue weighted by Crippen LogP contribution is -2.03. The average molecular weight is 261 g/mol.